The summed E-state index contributed by atoms with van der Waals surface area (Å²) in [6.07, 6.45) is 5.90. The van der Waals surface area contributed by atoms with Crippen molar-refractivity contribution in [3.63, 3.8) is 0 Å². The van der Waals surface area contributed by atoms with Crippen LogP contribution in [0.25, 0.3) is 0 Å². The van der Waals surface area contributed by atoms with Crippen molar-refractivity contribution in [2.45, 2.75) is 25.7 Å². The topological polar surface area (TPSA) is 32.3 Å². The Labute approximate surface area is 115 Å². The van der Waals surface area contributed by atoms with Gasteiger partial charge in [0.15, 0.2) is 0 Å². The van der Waals surface area contributed by atoms with Crippen LogP contribution in [-0.4, -0.2) is 30.9 Å². The maximum Gasteiger partial charge on any atom is 0.253 e. The number of benzene rings is 1. The van der Waals surface area contributed by atoms with E-state index in [-0.39, 0.29) is 5.91 Å². The lowest BCUT2D eigenvalue weighted by atomic mass is 9.97. The summed E-state index contributed by atoms with van der Waals surface area (Å²) in [5, 5.41) is 3.37. The van der Waals surface area contributed by atoms with Crippen LogP contribution in [0.4, 0.5) is 5.69 Å². The second-order valence-corrected chi connectivity index (χ2v) is 5.02. The Kier molecular flexibility index (Phi) is 4.61. The zero-order chi connectivity index (χ0) is 13.7. The summed E-state index contributed by atoms with van der Waals surface area (Å²) in [6, 6.07) is 5.96. The van der Waals surface area contributed by atoms with E-state index < -0.39 is 0 Å². The highest BCUT2D eigenvalue weighted by Crippen LogP contribution is 2.26. The van der Waals surface area contributed by atoms with Crippen LogP contribution in [0, 0.1) is 0 Å². The van der Waals surface area contributed by atoms with Crippen LogP contribution in [0.3, 0.4) is 0 Å². The molecule has 1 aliphatic rings. The molecule has 0 radical (unpaired) electrons. The molecule has 102 valence electrons. The van der Waals surface area contributed by atoms with Crippen LogP contribution in [-0.2, 0) is 6.42 Å². The quantitative estimate of drug-likeness (QED) is 0.650. The highest BCUT2D eigenvalue weighted by molar-refractivity contribution is 5.97. The molecule has 0 fully saturated rings. The molecular weight excluding hydrogens is 236 g/mol. The zero-order valence-electron chi connectivity index (χ0n) is 11.6. The number of rotatable bonds is 5. The van der Waals surface area contributed by atoms with Gasteiger partial charge in [-0.15, -0.1) is 6.58 Å². The minimum atomic E-state index is 0.129. The van der Waals surface area contributed by atoms with E-state index in [4.69, 9.17) is 0 Å². The fraction of sp³-hybridized carbons (Fsp3) is 0.438. The minimum Gasteiger partial charge on any atom is -0.385 e. The van der Waals surface area contributed by atoms with E-state index in [0.29, 0.717) is 0 Å². The molecular formula is C16H22N2O. The van der Waals surface area contributed by atoms with Gasteiger partial charge in [0.1, 0.15) is 0 Å². The zero-order valence-corrected chi connectivity index (χ0v) is 11.6. The van der Waals surface area contributed by atoms with E-state index in [0.717, 1.165) is 50.0 Å². The van der Waals surface area contributed by atoms with Crippen LogP contribution < -0.4 is 5.32 Å². The number of nitrogens with one attached hydrogen (secondary N) is 1. The van der Waals surface area contributed by atoms with E-state index in [1.807, 2.05) is 30.2 Å². The molecule has 0 atom stereocenters. The molecule has 19 heavy (non-hydrogen) atoms. The van der Waals surface area contributed by atoms with Crippen LogP contribution in [0.15, 0.2) is 30.9 Å². The number of hydrogen-bond donors (Lipinski definition) is 1. The normalized spacial score (nSPS) is 13.3. The van der Waals surface area contributed by atoms with Crippen molar-refractivity contribution < 1.29 is 4.79 Å². The maximum atomic E-state index is 12.5. The number of nitrogens with zero attached hydrogens (tertiary/aromatic N) is 1. The first-order chi connectivity index (χ1) is 9.24. The first-order valence-electron chi connectivity index (χ1n) is 6.96. The van der Waals surface area contributed by atoms with Crippen molar-refractivity contribution in [3.8, 4) is 0 Å². The lowest BCUT2D eigenvalue weighted by Gasteiger charge is -2.23. The fourth-order valence-electron chi connectivity index (χ4n) is 2.49. The average Bonchev–Trinajstić information content (AvgIpc) is 2.46. The molecule has 1 aromatic carbocycles. The summed E-state index contributed by atoms with van der Waals surface area (Å²) in [6.45, 7) is 5.49. The number of amides is 1. The Balaban J connectivity index is 2.12. The van der Waals surface area contributed by atoms with Crippen molar-refractivity contribution in [1.29, 1.82) is 0 Å². The molecule has 3 heteroatoms. The van der Waals surface area contributed by atoms with Gasteiger partial charge in [0.05, 0.1) is 0 Å². The van der Waals surface area contributed by atoms with Crippen LogP contribution in [0.1, 0.15) is 35.2 Å². The van der Waals surface area contributed by atoms with Crippen molar-refractivity contribution in [3.05, 3.63) is 42.0 Å². The molecule has 1 aromatic rings. The molecule has 3 nitrogen and oxygen atoms in total. The monoisotopic (exact) mass is 258 g/mol. The van der Waals surface area contributed by atoms with Gasteiger partial charge in [0, 0.05) is 31.4 Å². The molecule has 0 aromatic heterocycles. The number of unbranched alkanes of at least 4 members (excludes halogenated alkanes) is 1. The number of allylic oxidation sites excluding steroid dienone is 1. The predicted octanol–water partition coefficient (Wildman–Crippen LogP) is 3.08. The van der Waals surface area contributed by atoms with Crippen LogP contribution in [0.5, 0.6) is 0 Å². The molecule has 0 aliphatic carbocycles. The van der Waals surface area contributed by atoms with Gasteiger partial charge >= 0.3 is 0 Å². The molecule has 2 rings (SSSR count). The predicted molar refractivity (Wildman–Crippen MR) is 79.6 cm³/mol. The van der Waals surface area contributed by atoms with E-state index in [2.05, 4.69) is 18.0 Å². The summed E-state index contributed by atoms with van der Waals surface area (Å²) in [7, 11) is 1.88. The van der Waals surface area contributed by atoms with Gasteiger partial charge in [-0.25, -0.2) is 0 Å². The highest BCUT2D eigenvalue weighted by Gasteiger charge is 2.19. The van der Waals surface area contributed by atoms with Crippen molar-refractivity contribution in [2.24, 2.45) is 0 Å². The van der Waals surface area contributed by atoms with Gasteiger partial charge in [-0.1, -0.05) is 12.1 Å². The minimum absolute atomic E-state index is 0.129. The number of carbonyl (C=O) groups excluding carboxylic acids is 1. The lowest BCUT2D eigenvalue weighted by Crippen LogP contribution is -2.29. The maximum absolute atomic E-state index is 12.5. The molecule has 1 N–H and O–H groups in total. The second-order valence-electron chi connectivity index (χ2n) is 5.02. The standard InChI is InChI=1S/C16H22N2O/c1-3-4-5-12-18(2)16(19)14-8-6-10-15-13(14)9-7-11-17-15/h3,6,8,10,17H,1,4-5,7,9,11-12H2,2H3. The SMILES string of the molecule is C=CCCCN(C)C(=O)c1cccc2c1CCCN2. The van der Waals surface area contributed by atoms with Gasteiger partial charge < -0.3 is 10.2 Å². The van der Waals surface area contributed by atoms with Gasteiger partial charge in [-0.2, -0.15) is 0 Å². The number of hydrogen-bond acceptors (Lipinski definition) is 2. The summed E-state index contributed by atoms with van der Waals surface area (Å²) < 4.78 is 0. The van der Waals surface area contributed by atoms with Crippen LogP contribution in [0.2, 0.25) is 0 Å². The Bertz CT molecular complexity index is 468. The smallest absolute Gasteiger partial charge is 0.253 e. The van der Waals surface area contributed by atoms with E-state index in [1.54, 1.807) is 0 Å². The molecule has 1 aliphatic heterocycles. The van der Waals surface area contributed by atoms with Gasteiger partial charge in [0.2, 0.25) is 0 Å². The lowest BCUT2D eigenvalue weighted by molar-refractivity contribution is 0.0792. The fourth-order valence-corrected chi connectivity index (χ4v) is 2.49. The van der Waals surface area contributed by atoms with E-state index >= 15 is 0 Å². The van der Waals surface area contributed by atoms with Gasteiger partial charge in [-0.3, -0.25) is 4.79 Å². The van der Waals surface area contributed by atoms with Crippen molar-refractivity contribution >= 4 is 11.6 Å². The Morgan fingerprint density at radius 2 is 2.37 bits per heavy atom. The van der Waals surface area contributed by atoms with Crippen molar-refractivity contribution in [1.82, 2.24) is 4.90 Å². The third-order valence-electron chi connectivity index (χ3n) is 3.57. The first-order valence-corrected chi connectivity index (χ1v) is 6.96. The van der Waals surface area contributed by atoms with Crippen LogP contribution >= 0.6 is 0 Å². The Morgan fingerprint density at radius 3 is 3.16 bits per heavy atom. The first kappa shape index (κ1) is 13.7. The second kappa shape index (κ2) is 6.41. The number of fused-ring (bicyclic) bond motifs is 1. The third-order valence-corrected chi connectivity index (χ3v) is 3.57. The summed E-state index contributed by atoms with van der Waals surface area (Å²) in [5.41, 5.74) is 3.15. The van der Waals surface area contributed by atoms with Gasteiger partial charge in [0.25, 0.3) is 5.91 Å². The van der Waals surface area contributed by atoms with Gasteiger partial charge in [-0.05, 0) is 43.4 Å². The summed E-state index contributed by atoms with van der Waals surface area (Å²) in [5.74, 6) is 0.129. The number of anilines is 1. The largest absolute Gasteiger partial charge is 0.385 e. The third kappa shape index (κ3) is 3.16. The molecule has 0 spiro atoms. The summed E-state index contributed by atoms with van der Waals surface area (Å²) in [4.78, 5) is 14.3. The average molecular weight is 258 g/mol. The highest BCUT2D eigenvalue weighted by atomic mass is 16.2. The molecule has 1 amide bonds. The number of carbonyl (C=O) groups is 1. The summed E-state index contributed by atoms with van der Waals surface area (Å²) >= 11 is 0. The Hall–Kier alpha value is -1.77. The van der Waals surface area contributed by atoms with Crippen molar-refractivity contribution in [2.75, 3.05) is 25.5 Å². The Morgan fingerprint density at radius 1 is 1.53 bits per heavy atom. The molecule has 0 bridgehead atoms. The molecule has 0 saturated carbocycles. The van der Waals surface area contributed by atoms with E-state index in [9.17, 15) is 4.79 Å². The molecule has 0 unspecified atom stereocenters. The molecule has 1 heterocycles. The van der Waals surface area contributed by atoms with E-state index in [1.165, 1.54) is 5.56 Å². The molecule has 0 saturated heterocycles.